The topological polar surface area (TPSA) is 46.3 Å². The number of hydrogen-bond acceptors (Lipinski definition) is 3. The summed E-state index contributed by atoms with van der Waals surface area (Å²) >= 11 is 0. The summed E-state index contributed by atoms with van der Waals surface area (Å²) in [5, 5.41) is 4.67. The number of halogens is 1. The second-order valence-corrected chi connectivity index (χ2v) is 5.95. The lowest BCUT2D eigenvalue weighted by Crippen LogP contribution is -2.19. The van der Waals surface area contributed by atoms with Crippen LogP contribution in [0, 0.1) is 5.82 Å². The van der Waals surface area contributed by atoms with Crippen LogP contribution in [0.5, 0.6) is 5.75 Å². The number of ether oxygens (including phenoxy) is 2. The summed E-state index contributed by atoms with van der Waals surface area (Å²) in [5.74, 6) is 0.534. The van der Waals surface area contributed by atoms with E-state index in [0.29, 0.717) is 13.0 Å². The molecule has 0 atom stereocenters. The molecule has 5 heteroatoms. The normalized spacial score (nSPS) is 13.7. The molecule has 0 saturated heterocycles. The minimum Gasteiger partial charge on any atom is -0.467 e. The van der Waals surface area contributed by atoms with Crippen LogP contribution in [-0.2, 0) is 24.3 Å². The van der Waals surface area contributed by atoms with Crippen molar-refractivity contribution in [3.8, 4) is 5.75 Å². The van der Waals surface area contributed by atoms with Gasteiger partial charge in [-0.15, -0.1) is 0 Å². The van der Waals surface area contributed by atoms with Crippen molar-refractivity contribution in [3.05, 3.63) is 65.1 Å². The first-order valence-electron chi connectivity index (χ1n) is 8.09. The zero-order chi connectivity index (χ0) is 16.4. The highest BCUT2D eigenvalue weighted by molar-refractivity contribution is 5.82. The summed E-state index contributed by atoms with van der Waals surface area (Å²) in [6, 6.07) is 11.4. The Balaban J connectivity index is 1.41. The quantitative estimate of drug-likeness (QED) is 0.705. The molecule has 2 aromatic carbocycles. The van der Waals surface area contributed by atoms with Crippen LogP contribution >= 0.6 is 0 Å². The summed E-state index contributed by atoms with van der Waals surface area (Å²) in [6.07, 6.45) is 2.66. The molecule has 2 heterocycles. The van der Waals surface area contributed by atoms with E-state index in [1.54, 1.807) is 6.07 Å². The van der Waals surface area contributed by atoms with Crippen LogP contribution in [0.15, 0.2) is 42.6 Å². The van der Waals surface area contributed by atoms with Gasteiger partial charge < -0.3 is 19.8 Å². The van der Waals surface area contributed by atoms with Gasteiger partial charge in [-0.25, -0.2) is 4.39 Å². The van der Waals surface area contributed by atoms with Gasteiger partial charge in [-0.05, 0) is 48.4 Å². The molecule has 2 N–H and O–H groups in total. The number of rotatable bonds is 5. The van der Waals surface area contributed by atoms with Crippen LogP contribution in [-0.4, -0.2) is 18.3 Å². The molecule has 0 fully saturated rings. The Morgan fingerprint density at radius 3 is 3.08 bits per heavy atom. The number of aromatic nitrogens is 1. The molecule has 0 saturated carbocycles. The number of aromatic amines is 1. The highest BCUT2D eigenvalue weighted by Crippen LogP contribution is 2.29. The fraction of sp³-hybridized carbons (Fsp3) is 0.263. The molecular weight excluding hydrogens is 307 g/mol. The van der Waals surface area contributed by atoms with Gasteiger partial charge >= 0.3 is 0 Å². The predicted molar refractivity (Wildman–Crippen MR) is 90.4 cm³/mol. The van der Waals surface area contributed by atoms with E-state index in [-0.39, 0.29) is 12.6 Å². The lowest BCUT2D eigenvalue weighted by atomic mass is 10.1. The molecule has 124 valence electrons. The van der Waals surface area contributed by atoms with E-state index in [1.807, 2.05) is 12.3 Å². The largest absolute Gasteiger partial charge is 0.467 e. The molecule has 0 radical (unpaired) electrons. The minimum absolute atomic E-state index is 0.231. The second-order valence-electron chi connectivity index (χ2n) is 5.95. The van der Waals surface area contributed by atoms with Gasteiger partial charge in [0.15, 0.2) is 6.79 Å². The van der Waals surface area contributed by atoms with Crippen LogP contribution in [0.1, 0.15) is 16.7 Å². The number of benzene rings is 2. The third-order valence-corrected chi connectivity index (χ3v) is 4.32. The van der Waals surface area contributed by atoms with Crippen LogP contribution in [0.3, 0.4) is 0 Å². The Morgan fingerprint density at radius 2 is 2.12 bits per heavy atom. The fourth-order valence-electron chi connectivity index (χ4n) is 3.19. The molecule has 4 rings (SSSR count). The molecular formula is C19H19FN2O2. The Labute approximate surface area is 139 Å². The Hall–Kier alpha value is -2.37. The number of H-pyrrole nitrogens is 1. The van der Waals surface area contributed by atoms with Gasteiger partial charge in [0, 0.05) is 29.2 Å². The summed E-state index contributed by atoms with van der Waals surface area (Å²) in [4.78, 5) is 3.22. The first-order chi connectivity index (χ1) is 11.8. The average molecular weight is 326 g/mol. The van der Waals surface area contributed by atoms with Crippen molar-refractivity contribution in [1.29, 1.82) is 0 Å². The molecule has 0 aliphatic carbocycles. The number of nitrogens with one attached hydrogen (secondary N) is 2. The van der Waals surface area contributed by atoms with E-state index in [0.717, 1.165) is 35.5 Å². The van der Waals surface area contributed by atoms with Gasteiger partial charge in [-0.2, -0.15) is 0 Å². The van der Waals surface area contributed by atoms with E-state index in [2.05, 4.69) is 28.5 Å². The lowest BCUT2D eigenvalue weighted by molar-refractivity contribution is -0.0172. The molecule has 1 aliphatic heterocycles. The van der Waals surface area contributed by atoms with E-state index in [4.69, 9.17) is 9.47 Å². The van der Waals surface area contributed by atoms with Crippen molar-refractivity contribution >= 4 is 10.9 Å². The molecule has 0 amide bonds. The maximum absolute atomic E-state index is 13.7. The highest BCUT2D eigenvalue weighted by Gasteiger charge is 2.16. The third-order valence-electron chi connectivity index (χ3n) is 4.32. The summed E-state index contributed by atoms with van der Waals surface area (Å²) < 4.78 is 24.5. The molecule has 0 spiro atoms. The summed E-state index contributed by atoms with van der Waals surface area (Å²) in [7, 11) is 0. The number of fused-ring (bicyclic) bond motifs is 2. The maximum atomic E-state index is 13.7. The van der Waals surface area contributed by atoms with Crippen LogP contribution in [0.2, 0.25) is 0 Å². The average Bonchev–Trinajstić information content (AvgIpc) is 3.08. The maximum Gasteiger partial charge on any atom is 0.189 e. The number of hydrogen-bond donors (Lipinski definition) is 2. The van der Waals surface area contributed by atoms with Crippen molar-refractivity contribution in [3.63, 3.8) is 0 Å². The first kappa shape index (κ1) is 15.2. The van der Waals surface area contributed by atoms with Crippen molar-refractivity contribution < 1.29 is 13.9 Å². The smallest absolute Gasteiger partial charge is 0.189 e. The van der Waals surface area contributed by atoms with Crippen molar-refractivity contribution in [1.82, 2.24) is 10.3 Å². The Kier molecular flexibility index (Phi) is 4.19. The fourth-order valence-corrected chi connectivity index (χ4v) is 3.19. The molecule has 0 unspecified atom stereocenters. The summed E-state index contributed by atoms with van der Waals surface area (Å²) in [6.45, 7) is 2.16. The van der Waals surface area contributed by atoms with Gasteiger partial charge in [0.1, 0.15) is 11.6 Å². The monoisotopic (exact) mass is 326 g/mol. The SMILES string of the molecule is Fc1cc(CCNCc2cccc3[nH]ccc23)c2c(c1)COCO2. The highest BCUT2D eigenvalue weighted by atomic mass is 19.1. The van der Waals surface area contributed by atoms with Crippen LogP contribution in [0.4, 0.5) is 4.39 Å². The first-order valence-corrected chi connectivity index (χ1v) is 8.09. The van der Waals surface area contributed by atoms with Gasteiger partial charge in [-0.3, -0.25) is 0 Å². The van der Waals surface area contributed by atoms with Crippen molar-refractivity contribution in [2.24, 2.45) is 0 Å². The van der Waals surface area contributed by atoms with Crippen molar-refractivity contribution in [2.75, 3.05) is 13.3 Å². The Bertz CT molecular complexity index is 860. The Morgan fingerprint density at radius 1 is 1.17 bits per heavy atom. The zero-order valence-corrected chi connectivity index (χ0v) is 13.3. The van der Waals surface area contributed by atoms with Gasteiger partial charge in [0.25, 0.3) is 0 Å². The van der Waals surface area contributed by atoms with Gasteiger partial charge in [0.2, 0.25) is 0 Å². The summed E-state index contributed by atoms with van der Waals surface area (Å²) in [5.41, 5.74) is 4.07. The zero-order valence-electron chi connectivity index (χ0n) is 13.3. The standard InChI is InChI=1S/C19H19FN2O2/c20-16-8-13(19-15(9-16)11-23-12-24-19)4-6-21-10-14-2-1-3-18-17(14)5-7-22-18/h1-3,5,7-9,21-22H,4,6,10-12H2. The van der Waals surface area contributed by atoms with Gasteiger partial charge in [0.05, 0.1) is 6.61 Å². The van der Waals surface area contributed by atoms with Crippen molar-refractivity contribution in [2.45, 2.75) is 19.6 Å². The van der Waals surface area contributed by atoms with E-state index in [1.165, 1.54) is 17.0 Å². The lowest BCUT2D eigenvalue weighted by Gasteiger charge is -2.21. The van der Waals surface area contributed by atoms with Crippen LogP contribution in [0.25, 0.3) is 10.9 Å². The predicted octanol–water partition coefficient (Wildman–Crippen LogP) is 3.51. The second kappa shape index (κ2) is 6.63. The van der Waals surface area contributed by atoms with Crippen LogP contribution < -0.4 is 10.1 Å². The minimum atomic E-state index is -0.241. The molecule has 1 aromatic heterocycles. The molecule has 1 aliphatic rings. The molecule has 4 nitrogen and oxygen atoms in total. The van der Waals surface area contributed by atoms with E-state index >= 15 is 0 Å². The van der Waals surface area contributed by atoms with Gasteiger partial charge in [-0.1, -0.05) is 12.1 Å². The third kappa shape index (κ3) is 3.00. The molecule has 24 heavy (non-hydrogen) atoms. The van der Waals surface area contributed by atoms with E-state index in [9.17, 15) is 4.39 Å². The molecule has 3 aromatic rings. The molecule has 0 bridgehead atoms. The van der Waals surface area contributed by atoms with E-state index < -0.39 is 0 Å².